The molecular weight excluding hydrogens is 260 g/mol. The minimum absolute atomic E-state index is 0.348. The van der Waals surface area contributed by atoms with E-state index in [0.717, 1.165) is 58.8 Å². The van der Waals surface area contributed by atoms with Crippen LogP contribution in [0.3, 0.4) is 0 Å². The Kier molecular flexibility index (Phi) is 4.37. The highest BCUT2D eigenvalue weighted by Crippen LogP contribution is 2.15. The van der Waals surface area contributed by atoms with Crippen LogP contribution in [0.4, 0.5) is 6.01 Å². The number of rotatable bonds is 4. The van der Waals surface area contributed by atoms with Gasteiger partial charge in [-0.1, -0.05) is 0 Å². The monoisotopic (exact) mass is 282 g/mol. The van der Waals surface area contributed by atoms with Crippen molar-refractivity contribution in [3.63, 3.8) is 0 Å². The van der Waals surface area contributed by atoms with Crippen LogP contribution in [-0.4, -0.2) is 60.6 Å². The van der Waals surface area contributed by atoms with Crippen molar-refractivity contribution < 1.29 is 9.15 Å². The van der Waals surface area contributed by atoms with Gasteiger partial charge in [-0.15, -0.1) is 5.10 Å². The number of aromatic nitrogens is 2. The van der Waals surface area contributed by atoms with E-state index in [0.29, 0.717) is 12.6 Å². The predicted molar refractivity (Wildman–Crippen MR) is 74.1 cm³/mol. The zero-order valence-electron chi connectivity index (χ0n) is 11.8. The fraction of sp³-hybridized carbons (Fsp3) is 0.846. The second kappa shape index (κ2) is 6.41. The Morgan fingerprint density at radius 1 is 1.00 bits per heavy atom. The second-order valence-corrected chi connectivity index (χ2v) is 5.38. The maximum atomic E-state index is 11.8. The predicted octanol–water partition coefficient (Wildman–Crippen LogP) is 0.159. The molecule has 3 rings (SSSR count). The van der Waals surface area contributed by atoms with E-state index >= 15 is 0 Å². The Bertz CT molecular complexity index is 472. The highest BCUT2D eigenvalue weighted by atomic mass is 16.5. The Morgan fingerprint density at radius 3 is 2.50 bits per heavy atom. The van der Waals surface area contributed by atoms with Gasteiger partial charge in [0.25, 0.3) is 0 Å². The van der Waals surface area contributed by atoms with Gasteiger partial charge in [0.15, 0.2) is 0 Å². The summed E-state index contributed by atoms with van der Waals surface area (Å²) in [6.07, 6.45) is 3.53. The quantitative estimate of drug-likeness (QED) is 0.784. The third kappa shape index (κ3) is 3.21. The summed E-state index contributed by atoms with van der Waals surface area (Å²) < 4.78 is 12.0. The summed E-state index contributed by atoms with van der Waals surface area (Å²) in [5.74, 6) is -0.348. The average Bonchev–Trinajstić information content (AvgIpc) is 2.88. The molecule has 0 N–H and O–H groups in total. The van der Waals surface area contributed by atoms with Gasteiger partial charge in [-0.3, -0.25) is 4.90 Å². The van der Waals surface area contributed by atoms with Crippen molar-refractivity contribution in [1.82, 2.24) is 14.7 Å². The van der Waals surface area contributed by atoms with Crippen molar-refractivity contribution in [3.05, 3.63) is 10.6 Å². The van der Waals surface area contributed by atoms with E-state index in [1.807, 2.05) is 0 Å². The van der Waals surface area contributed by atoms with Crippen molar-refractivity contribution in [2.75, 3.05) is 50.8 Å². The van der Waals surface area contributed by atoms with Crippen molar-refractivity contribution >= 4 is 6.01 Å². The smallest absolute Gasteiger partial charge is 0.379 e. The molecule has 2 saturated heterocycles. The van der Waals surface area contributed by atoms with E-state index < -0.39 is 0 Å². The Hall–Kier alpha value is -1.34. The highest BCUT2D eigenvalue weighted by molar-refractivity contribution is 5.23. The zero-order chi connectivity index (χ0) is 13.8. The number of hydrogen-bond acceptors (Lipinski definition) is 6. The van der Waals surface area contributed by atoms with Crippen LogP contribution in [0.1, 0.15) is 19.3 Å². The van der Waals surface area contributed by atoms with E-state index in [9.17, 15) is 4.79 Å². The molecule has 2 aliphatic heterocycles. The summed E-state index contributed by atoms with van der Waals surface area (Å²) >= 11 is 0. The number of ether oxygens (including phenoxy) is 1. The molecule has 0 unspecified atom stereocenters. The first-order valence-corrected chi connectivity index (χ1v) is 7.46. The lowest BCUT2D eigenvalue weighted by Crippen LogP contribution is -2.39. The first-order valence-electron chi connectivity index (χ1n) is 7.46. The molecule has 0 aliphatic carbocycles. The van der Waals surface area contributed by atoms with Gasteiger partial charge in [0.2, 0.25) is 0 Å². The topological polar surface area (TPSA) is 63.7 Å². The molecule has 20 heavy (non-hydrogen) atoms. The fourth-order valence-electron chi connectivity index (χ4n) is 2.71. The summed E-state index contributed by atoms with van der Waals surface area (Å²) in [4.78, 5) is 16.2. The Balaban J connectivity index is 1.58. The third-order valence-corrected chi connectivity index (χ3v) is 3.95. The maximum absolute atomic E-state index is 11.8. The first kappa shape index (κ1) is 13.6. The van der Waals surface area contributed by atoms with Crippen LogP contribution in [0.2, 0.25) is 0 Å². The minimum Gasteiger partial charge on any atom is -0.379 e. The van der Waals surface area contributed by atoms with Crippen molar-refractivity contribution in [2.45, 2.75) is 25.8 Å². The molecule has 1 aromatic rings. The lowest BCUT2D eigenvalue weighted by Gasteiger charge is -2.26. The Morgan fingerprint density at radius 2 is 1.75 bits per heavy atom. The van der Waals surface area contributed by atoms with Gasteiger partial charge in [0.1, 0.15) is 0 Å². The summed E-state index contributed by atoms with van der Waals surface area (Å²) in [6.45, 7) is 6.65. The molecule has 2 fully saturated rings. The normalized spacial score (nSPS) is 21.3. The van der Waals surface area contributed by atoms with Crippen molar-refractivity contribution in [3.8, 4) is 0 Å². The third-order valence-electron chi connectivity index (χ3n) is 3.95. The standard InChI is InChI=1S/C13H22N4O3/c18-13-17(7-6-15-8-10-19-11-9-15)14-12(20-13)16-4-2-1-3-5-16/h1-11H2. The molecule has 7 nitrogen and oxygen atoms in total. The van der Waals surface area contributed by atoms with Crippen LogP contribution >= 0.6 is 0 Å². The van der Waals surface area contributed by atoms with E-state index in [4.69, 9.17) is 9.15 Å². The van der Waals surface area contributed by atoms with Crippen LogP contribution in [0, 0.1) is 0 Å². The largest absolute Gasteiger partial charge is 0.438 e. The molecule has 0 atom stereocenters. The molecular formula is C13H22N4O3. The molecule has 112 valence electrons. The summed E-state index contributed by atoms with van der Waals surface area (Å²) in [5, 5.41) is 4.32. The molecule has 0 bridgehead atoms. The van der Waals surface area contributed by atoms with Gasteiger partial charge in [0.05, 0.1) is 19.8 Å². The molecule has 3 heterocycles. The lowest BCUT2D eigenvalue weighted by atomic mass is 10.1. The summed E-state index contributed by atoms with van der Waals surface area (Å²) in [5.41, 5.74) is 0. The second-order valence-electron chi connectivity index (χ2n) is 5.38. The molecule has 7 heteroatoms. The first-order chi connectivity index (χ1) is 9.83. The van der Waals surface area contributed by atoms with Gasteiger partial charge in [-0.05, 0) is 19.3 Å². The summed E-state index contributed by atoms with van der Waals surface area (Å²) in [6, 6.07) is 0.483. The Labute approximate surface area is 118 Å². The molecule has 1 aromatic heterocycles. The lowest BCUT2D eigenvalue weighted by molar-refractivity contribution is 0.0357. The van der Waals surface area contributed by atoms with Crippen LogP contribution < -0.4 is 10.7 Å². The van der Waals surface area contributed by atoms with E-state index in [-0.39, 0.29) is 5.76 Å². The van der Waals surface area contributed by atoms with Gasteiger partial charge < -0.3 is 14.1 Å². The van der Waals surface area contributed by atoms with Gasteiger partial charge in [-0.2, -0.15) is 4.68 Å². The SMILES string of the molecule is O=c1oc(N2CCCCC2)nn1CCN1CCOCC1. The number of morpholine rings is 1. The number of piperidine rings is 1. The van der Waals surface area contributed by atoms with Crippen LogP contribution in [0.15, 0.2) is 9.21 Å². The van der Waals surface area contributed by atoms with E-state index in [1.165, 1.54) is 11.1 Å². The molecule has 0 saturated carbocycles. The zero-order valence-corrected chi connectivity index (χ0v) is 11.8. The summed E-state index contributed by atoms with van der Waals surface area (Å²) in [7, 11) is 0. The average molecular weight is 282 g/mol. The minimum atomic E-state index is -0.348. The van der Waals surface area contributed by atoms with Gasteiger partial charge in [-0.25, -0.2) is 4.79 Å². The van der Waals surface area contributed by atoms with Gasteiger partial charge in [0, 0.05) is 32.7 Å². The molecule has 0 radical (unpaired) electrons. The number of anilines is 1. The van der Waals surface area contributed by atoms with Gasteiger partial charge >= 0.3 is 11.8 Å². The molecule has 0 spiro atoms. The maximum Gasteiger partial charge on any atom is 0.438 e. The fourth-order valence-corrected chi connectivity index (χ4v) is 2.71. The van der Waals surface area contributed by atoms with Crippen LogP contribution in [0.25, 0.3) is 0 Å². The number of hydrogen-bond donors (Lipinski definition) is 0. The van der Waals surface area contributed by atoms with Crippen LogP contribution in [0.5, 0.6) is 0 Å². The number of nitrogens with zero attached hydrogens (tertiary/aromatic N) is 4. The van der Waals surface area contributed by atoms with Crippen LogP contribution in [-0.2, 0) is 11.3 Å². The molecule has 2 aliphatic rings. The highest BCUT2D eigenvalue weighted by Gasteiger charge is 2.18. The van der Waals surface area contributed by atoms with E-state index in [1.54, 1.807) is 0 Å². The van der Waals surface area contributed by atoms with Crippen molar-refractivity contribution in [1.29, 1.82) is 0 Å². The molecule has 0 aromatic carbocycles. The van der Waals surface area contributed by atoms with Crippen molar-refractivity contribution in [2.24, 2.45) is 0 Å². The molecule has 0 amide bonds. The van der Waals surface area contributed by atoms with E-state index in [2.05, 4.69) is 14.9 Å².